The fraction of sp³-hybridized carbons (Fsp3) is 0.375. The molecule has 3 aromatic rings. The van der Waals surface area contributed by atoms with Gasteiger partial charge in [-0.25, -0.2) is 8.42 Å². The molecule has 0 aliphatic heterocycles. The lowest BCUT2D eigenvalue weighted by Gasteiger charge is -2.20. The number of carbonyl (C=O) groups is 1. The summed E-state index contributed by atoms with van der Waals surface area (Å²) in [6, 6.07) is 14.0. The molecule has 0 aliphatic carbocycles. The Hall–Kier alpha value is -2.69. The van der Waals surface area contributed by atoms with Gasteiger partial charge in [-0.05, 0) is 54.1 Å². The fourth-order valence-electron chi connectivity index (χ4n) is 3.30. The van der Waals surface area contributed by atoms with Crippen molar-refractivity contribution in [2.45, 2.75) is 49.8 Å². The molecule has 0 aliphatic rings. The van der Waals surface area contributed by atoms with Crippen LogP contribution in [0.1, 0.15) is 55.4 Å². The van der Waals surface area contributed by atoms with Crippen LogP contribution in [0.2, 0.25) is 0 Å². The zero-order chi connectivity index (χ0) is 24.6. The zero-order valence-corrected chi connectivity index (χ0v) is 21.3. The molecule has 10 heteroatoms. The number of benzene rings is 2. The van der Waals surface area contributed by atoms with E-state index in [2.05, 4.69) is 34.6 Å². The molecule has 0 radical (unpaired) electrons. The number of thioether (sulfide) groups is 1. The third kappa shape index (κ3) is 6.68. The second-order valence-corrected chi connectivity index (χ2v) is 10.9. The third-order valence-corrected chi connectivity index (χ3v) is 8.03. The maximum atomic E-state index is 12.8. The minimum atomic E-state index is -3.60. The molecule has 0 atom stereocenters. The maximum absolute atomic E-state index is 12.8. The number of hydrogen-bond acceptors (Lipinski definition) is 7. The van der Waals surface area contributed by atoms with Gasteiger partial charge in [0.2, 0.25) is 15.9 Å². The largest absolute Gasteiger partial charge is 0.407 e. The smallest absolute Gasteiger partial charge is 0.322 e. The topological polar surface area (TPSA) is 105 Å². The van der Waals surface area contributed by atoms with Gasteiger partial charge in [0.1, 0.15) is 0 Å². The molecular weight excluding hydrogens is 472 g/mol. The van der Waals surface area contributed by atoms with Crippen molar-refractivity contribution in [1.82, 2.24) is 14.5 Å². The minimum Gasteiger partial charge on any atom is -0.407 e. The van der Waals surface area contributed by atoms with E-state index in [9.17, 15) is 13.2 Å². The highest BCUT2D eigenvalue weighted by Gasteiger charge is 2.23. The first-order valence-electron chi connectivity index (χ1n) is 11.3. The molecule has 34 heavy (non-hydrogen) atoms. The number of rotatable bonds is 12. The van der Waals surface area contributed by atoms with E-state index < -0.39 is 15.9 Å². The molecule has 1 aromatic heterocycles. The van der Waals surface area contributed by atoms with Crippen molar-refractivity contribution in [1.29, 1.82) is 0 Å². The third-order valence-electron chi connectivity index (χ3n) is 5.15. The summed E-state index contributed by atoms with van der Waals surface area (Å²) >= 11 is 1.77. The summed E-state index contributed by atoms with van der Waals surface area (Å²) in [6.07, 6.45) is 2.16. The van der Waals surface area contributed by atoms with Crippen molar-refractivity contribution in [2.75, 3.05) is 24.2 Å². The van der Waals surface area contributed by atoms with Crippen molar-refractivity contribution < 1.29 is 17.6 Å². The highest BCUT2D eigenvalue weighted by Crippen LogP contribution is 2.20. The molecule has 1 N–H and O–H groups in total. The number of nitrogens with one attached hydrogen (secondary N) is 1. The number of unbranched alkanes of at least 4 members (excludes halogenated alkanes) is 1. The Morgan fingerprint density at radius 2 is 1.74 bits per heavy atom. The molecule has 0 fully saturated rings. The number of carbonyl (C=O) groups excluding carboxylic acids is 1. The van der Waals surface area contributed by atoms with Crippen LogP contribution < -0.4 is 5.32 Å². The van der Waals surface area contributed by atoms with E-state index in [4.69, 9.17) is 4.42 Å². The van der Waals surface area contributed by atoms with E-state index in [1.807, 2.05) is 26.0 Å². The van der Waals surface area contributed by atoms with E-state index in [-0.39, 0.29) is 10.9 Å². The second kappa shape index (κ2) is 12.1. The molecule has 0 unspecified atom stereocenters. The normalized spacial score (nSPS) is 11.6. The summed E-state index contributed by atoms with van der Waals surface area (Å²) in [4.78, 5) is 13.9. The maximum Gasteiger partial charge on any atom is 0.322 e. The standard InChI is InChI=1S/C24H30N4O4S2/c1-4-7-16-28(5-2)34(30,31)21-14-10-19(11-15-21)23(29)25-24-27-26-22(32-24)17-18-8-12-20(13-9-18)33-6-3/h8-15H,4-7,16-17H2,1-3H3,(H,25,27,29). The lowest BCUT2D eigenvalue weighted by molar-refractivity contribution is 0.102. The predicted octanol–water partition coefficient (Wildman–Crippen LogP) is 4.84. The average molecular weight is 503 g/mol. The van der Waals surface area contributed by atoms with Gasteiger partial charge < -0.3 is 4.42 Å². The molecule has 1 heterocycles. The van der Waals surface area contributed by atoms with Crippen LogP contribution in [0.5, 0.6) is 0 Å². The van der Waals surface area contributed by atoms with Crippen molar-refractivity contribution in [3.05, 3.63) is 65.5 Å². The number of amides is 1. The Morgan fingerprint density at radius 1 is 1.03 bits per heavy atom. The van der Waals surface area contributed by atoms with Gasteiger partial charge in [-0.1, -0.05) is 44.4 Å². The Labute approximate surface area is 205 Å². The molecule has 2 aromatic carbocycles. The highest BCUT2D eigenvalue weighted by molar-refractivity contribution is 7.99. The average Bonchev–Trinajstić information content (AvgIpc) is 3.27. The lowest BCUT2D eigenvalue weighted by Crippen LogP contribution is -2.31. The molecule has 0 saturated carbocycles. The van der Waals surface area contributed by atoms with Gasteiger partial charge in [0.15, 0.2) is 0 Å². The SMILES string of the molecule is CCCCN(CC)S(=O)(=O)c1ccc(C(=O)Nc2nnc(Cc3ccc(SCC)cc3)o2)cc1. The molecule has 3 rings (SSSR count). The summed E-state index contributed by atoms with van der Waals surface area (Å²) in [6.45, 7) is 6.81. The van der Waals surface area contributed by atoms with Crippen LogP contribution in [-0.4, -0.2) is 47.7 Å². The van der Waals surface area contributed by atoms with Crippen LogP contribution in [0.15, 0.2) is 62.7 Å². The van der Waals surface area contributed by atoms with Gasteiger partial charge in [-0.3, -0.25) is 10.1 Å². The number of aromatic nitrogens is 2. The van der Waals surface area contributed by atoms with E-state index in [1.54, 1.807) is 11.8 Å². The van der Waals surface area contributed by atoms with E-state index in [1.165, 1.54) is 33.5 Å². The van der Waals surface area contributed by atoms with Crippen molar-refractivity contribution in [3.63, 3.8) is 0 Å². The quantitative estimate of drug-likeness (QED) is 0.353. The van der Waals surface area contributed by atoms with Crippen LogP contribution in [0, 0.1) is 0 Å². The first-order valence-corrected chi connectivity index (χ1v) is 13.8. The summed E-state index contributed by atoms with van der Waals surface area (Å²) in [7, 11) is -3.60. The van der Waals surface area contributed by atoms with Crippen LogP contribution in [-0.2, 0) is 16.4 Å². The first kappa shape index (κ1) is 25.9. The van der Waals surface area contributed by atoms with Crippen molar-refractivity contribution in [3.8, 4) is 0 Å². The molecular formula is C24H30N4O4S2. The molecule has 0 spiro atoms. The Balaban J connectivity index is 1.62. The summed E-state index contributed by atoms with van der Waals surface area (Å²) in [5.41, 5.74) is 1.32. The number of sulfonamides is 1. The van der Waals surface area contributed by atoms with Crippen LogP contribution in [0.4, 0.5) is 6.01 Å². The van der Waals surface area contributed by atoms with E-state index in [0.717, 1.165) is 24.2 Å². The van der Waals surface area contributed by atoms with Crippen LogP contribution >= 0.6 is 11.8 Å². The van der Waals surface area contributed by atoms with Gasteiger partial charge in [-0.15, -0.1) is 16.9 Å². The predicted molar refractivity (Wildman–Crippen MR) is 134 cm³/mol. The van der Waals surface area contributed by atoms with E-state index >= 15 is 0 Å². The zero-order valence-electron chi connectivity index (χ0n) is 19.7. The summed E-state index contributed by atoms with van der Waals surface area (Å²) in [5.74, 6) is 0.943. The number of anilines is 1. The second-order valence-electron chi connectivity index (χ2n) is 7.58. The van der Waals surface area contributed by atoms with Crippen molar-refractivity contribution >= 4 is 33.7 Å². The lowest BCUT2D eigenvalue weighted by atomic mass is 10.1. The van der Waals surface area contributed by atoms with Gasteiger partial charge in [0.05, 0.1) is 11.3 Å². The van der Waals surface area contributed by atoms with Gasteiger partial charge in [-0.2, -0.15) is 4.31 Å². The summed E-state index contributed by atoms with van der Waals surface area (Å²) < 4.78 is 32.7. The first-order chi connectivity index (χ1) is 16.4. The Kier molecular flexibility index (Phi) is 9.26. The summed E-state index contributed by atoms with van der Waals surface area (Å²) in [5, 5.41) is 10.5. The van der Waals surface area contributed by atoms with Crippen molar-refractivity contribution in [2.24, 2.45) is 0 Å². The molecule has 0 saturated heterocycles. The molecule has 182 valence electrons. The Bertz CT molecular complexity index is 1180. The van der Waals surface area contributed by atoms with Gasteiger partial charge in [0, 0.05) is 23.5 Å². The number of nitrogens with zero attached hydrogens (tertiary/aromatic N) is 3. The molecule has 0 bridgehead atoms. The van der Waals surface area contributed by atoms with Crippen LogP contribution in [0.25, 0.3) is 0 Å². The fourth-order valence-corrected chi connectivity index (χ4v) is 5.45. The minimum absolute atomic E-state index is 0.00780. The molecule has 1 amide bonds. The van der Waals surface area contributed by atoms with E-state index in [0.29, 0.717) is 31.0 Å². The monoisotopic (exact) mass is 502 g/mol. The van der Waals surface area contributed by atoms with Gasteiger partial charge >= 0.3 is 6.01 Å². The Morgan fingerprint density at radius 3 is 2.35 bits per heavy atom. The van der Waals surface area contributed by atoms with Crippen LogP contribution in [0.3, 0.4) is 0 Å². The highest BCUT2D eigenvalue weighted by atomic mass is 32.2. The number of hydrogen-bond donors (Lipinski definition) is 1. The van der Waals surface area contributed by atoms with Gasteiger partial charge in [0.25, 0.3) is 5.91 Å². The molecule has 8 nitrogen and oxygen atoms in total.